The van der Waals surface area contributed by atoms with E-state index in [0.29, 0.717) is 4.90 Å². The molecule has 20 heavy (non-hydrogen) atoms. The molecule has 3 nitrogen and oxygen atoms in total. The van der Waals surface area contributed by atoms with E-state index < -0.39 is 5.60 Å². The molecule has 0 N–H and O–H groups in total. The molecule has 0 saturated heterocycles. The second-order valence-corrected chi connectivity index (χ2v) is 5.95. The molecule has 2 aliphatic rings. The molecule has 3 heteroatoms. The summed E-state index contributed by atoms with van der Waals surface area (Å²) in [6, 6.07) is 10.2. The zero-order valence-electron chi connectivity index (χ0n) is 11.9. The molecule has 0 spiro atoms. The lowest BCUT2D eigenvalue weighted by Gasteiger charge is -2.40. The van der Waals surface area contributed by atoms with Crippen molar-refractivity contribution >= 4 is 6.21 Å². The van der Waals surface area contributed by atoms with Gasteiger partial charge in [-0.05, 0) is 44.6 Å². The van der Waals surface area contributed by atoms with E-state index in [4.69, 9.17) is 4.84 Å². The molecule has 1 aliphatic carbocycles. The first-order chi connectivity index (χ1) is 9.67. The summed E-state index contributed by atoms with van der Waals surface area (Å²) in [5.41, 5.74) is 2.01. The number of allylic oxidation sites excluding steroid dienone is 1. The Morgan fingerprint density at radius 3 is 2.75 bits per heavy atom. The van der Waals surface area contributed by atoms with E-state index in [-0.39, 0.29) is 5.92 Å². The highest BCUT2D eigenvalue weighted by Gasteiger charge is 2.38. The molecular formula is C17H21NO2. The molecule has 0 fully saturated rings. The molecule has 1 aromatic carbocycles. The fourth-order valence-electron chi connectivity index (χ4n) is 3.30. The van der Waals surface area contributed by atoms with Crippen molar-refractivity contribution in [2.24, 2.45) is 0 Å². The molecule has 1 aromatic rings. The first-order valence-corrected chi connectivity index (χ1v) is 7.42. The van der Waals surface area contributed by atoms with Gasteiger partial charge in [-0.25, -0.2) is 0 Å². The standard InChI is InChI=1S/C17H21NO2/c1-17(16-10-6-3-7-11-16)12-15(13-18(19)20-17)14-8-4-2-5-9-14/h2,4-5,8-10,13,15H,3,6-7,11-12H2,1H3/t15-,17-/m1/s1. The lowest BCUT2D eigenvalue weighted by atomic mass is 9.79. The Kier molecular flexibility index (Phi) is 3.51. The van der Waals surface area contributed by atoms with E-state index in [1.807, 2.05) is 18.2 Å². The van der Waals surface area contributed by atoms with Crippen LogP contribution in [0.15, 0.2) is 42.0 Å². The van der Waals surface area contributed by atoms with Crippen LogP contribution in [0.2, 0.25) is 0 Å². The molecule has 1 aliphatic heterocycles. The summed E-state index contributed by atoms with van der Waals surface area (Å²) in [7, 11) is 0. The Labute approximate surface area is 120 Å². The van der Waals surface area contributed by atoms with E-state index in [9.17, 15) is 5.21 Å². The SMILES string of the molecule is C[C@]1(C2=CCCCC2)C[C@@H](c2ccccc2)C=[N+]([O-])O1. The summed E-state index contributed by atoms with van der Waals surface area (Å²) in [4.78, 5) is 6.28. The molecule has 106 valence electrons. The van der Waals surface area contributed by atoms with Gasteiger partial charge in [0, 0.05) is 4.90 Å². The molecule has 2 atom stereocenters. The van der Waals surface area contributed by atoms with Gasteiger partial charge in [-0.3, -0.25) is 5.21 Å². The zero-order chi connectivity index (χ0) is 14.0. The minimum absolute atomic E-state index is 0.121. The van der Waals surface area contributed by atoms with Gasteiger partial charge < -0.3 is 4.84 Å². The molecule has 0 amide bonds. The third-order valence-corrected chi connectivity index (χ3v) is 4.40. The van der Waals surface area contributed by atoms with Crippen molar-refractivity contribution in [2.45, 2.75) is 50.5 Å². The predicted molar refractivity (Wildman–Crippen MR) is 79.5 cm³/mol. The highest BCUT2D eigenvalue weighted by molar-refractivity contribution is 5.64. The predicted octanol–water partition coefficient (Wildman–Crippen LogP) is 3.95. The van der Waals surface area contributed by atoms with Gasteiger partial charge in [-0.1, -0.05) is 42.0 Å². The summed E-state index contributed by atoms with van der Waals surface area (Å²) in [6.07, 6.45) is 9.34. The molecule has 3 rings (SSSR count). The van der Waals surface area contributed by atoms with Crippen molar-refractivity contribution in [1.82, 2.24) is 0 Å². The molecular weight excluding hydrogens is 250 g/mol. The lowest BCUT2D eigenvalue weighted by molar-refractivity contribution is -0.764. The quantitative estimate of drug-likeness (QED) is 0.603. The molecule has 0 radical (unpaired) electrons. The van der Waals surface area contributed by atoms with Crippen LogP contribution < -0.4 is 0 Å². The maximum absolute atomic E-state index is 11.9. The second kappa shape index (κ2) is 5.31. The molecule has 0 bridgehead atoms. The van der Waals surface area contributed by atoms with Crippen LogP contribution in [0.5, 0.6) is 0 Å². The number of hydrogen-bond donors (Lipinski definition) is 0. The normalized spacial score (nSPS) is 30.1. The lowest BCUT2D eigenvalue weighted by Crippen LogP contribution is -2.41. The Hall–Kier alpha value is -1.77. The Bertz CT molecular complexity index is 535. The van der Waals surface area contributed by atoms with Crippen LogP contribution in [0, 0.1) is 5.21 Å². The smallest absolute Gasteiger partial charge is 0.217 e. The topological polar surface area (TPSA) is 35.3 Å². The van der Waals surface area contributed by atoms with Gasteiger partial charge in [0.1, 0.15) is 0 Å². The third kappa shape index (κ3) is 2.58. The zero-order valence-corrected chi connectivity index (χ0v) is 11.9. The molecule has 1 heterocycles. The first kappa shape index (κ1) is 13.2. The van der Waals surface area contributed by atoms with Crippen LogP contribution in [-0.2, 0) is 4.84 Å². The van der Waals surface area contributed by atoms with Gasteiger partial charge in [-0.15, -0.1) is 0 Å². The van der Waals surface area contributed by atoms with E-state index in [0.717, 1.165) is 19.3 Å². The van der Waals surface area contributed by atoms with Crippen molar-refractivity contribution in [3.63, 3.8) is 0 Å². The maximum Gasteiger partial charge on any atom is 0.217 e. The van der Waals surface area contributed by atoms with Gasteiger partial charge >= 0.3 is 0 Å². The third-order valence-electron chi connectivity index (χ3n) is 4.40. The Balaban J connectivity index is 1.89. The minimum Gasteiger partial charge on any atom is -0.393 e. The first-order valence-electron chi connectivity index (χ1n) is 7.42. The molecule has 0 saturated carbocycles. The largest absolute Gasteiger partial charge is 0.393 e. The van der Waals surface area contributed by atoms with Crippen LogP contribution in [0.1, 0.15) is 50.5 Å². The van der Waals surface area contributed by atoms with Crippen molar-refractivity contribution in [2.75, 3.05) is 0 Å². The van der Waals surface area contributed by atoms with E-state index in [1.54, 1.807) is 6.21 Å². The van der Waals surface area contributed by atoms with Crippen LogP contribution >= 0.6 is 0 Å². The summed E-state index contributed by atoms with van der Waals surface area (Å²) in [5.74, 6) is 0.121. The van der Waals surface area contributed by atoms with Crippen LogP contribution in [0.4, 0.5) is 0 Å². The number of nitrogens with zero attached hydrogens (tertiary/aromatic N) is 1. The van der Waals surface area contributed by atoms with E-state index in [1.165, 1.54) is 24.0 Å². The Morgan fingerprint density at radius 1 is 1.25 bits per heavy atom. The van der Waals surface area contributed by atoms with E-state index in [2.05, 4.69) is 25.1 Å². The van der Waals surface area contributed by atoms with Crippen molar-refractivity contribution in [1.29, 1.82) is 0 Å². The maximum atomic E-state index is 11.9. The van der Waals surface area contributed by atoms with Crippen LogP contribution in [-0.4, -0.2) is 16.7 Å². The van der Waals surface area contributed by atoms with Gasteiger partial charge in [0.05, 0.1) is 11.5 Å². The van der Waals surface area contributed by atoms with Crippen molar-refractivity contribution in [3.05, 3.63) is 52.8 Å². The fraction of sp³-hybridized carbons (Fsp3) is 0.471. The van der Waals surface area contributed by atoms with Crippen molar-refractivity contribution < 1.29 is 9.74 Å². The average molecular weight is 271 g/mol. The fourth-order valence-corrected chi connectivity index (χ4v) is 3.30. The Morgan fingerprint density at radius 2 is 2.05 bits per heavy atom. The van der Waals surface area contributed by atoms with Gasteiger partial charge in [-0.2, -0.15) is 0 Å². The number of rotatable bonds is 2. The van der Waals surface area contributed by atoms with Gasteiger partial charge in [0.25, 0.3) is 0 Å². The van der Waals surface area contributed by atoms with Gasteiger partial charge in [0.2, 0.25) is 6.21 Å². The summed E-state index contributed by atoms with van der Waals surface area (Å²) in [6.45, 7) is 2.05. The molecule has 0 aromatic heterocycles. The summed E-state index contributed by atoms with van der Waals surface area (Å²) < 4.78 is 0. The minimum atomic E-state index is -0.461. The number of hydrogen-bond acceptors (Lipinski definition) is 2. The second-order valence-electron chi connectivity index (χ2n) is 5.95. The average Bonchev–Trinajstić information content (AvgIpc) is 2.48. The van der Waals surface area contributed by atoms with Gasteiger partial charge in [0.15, 0.2) is 0 Å². The summed E-state index contributed by atoms with van der Waals surface area (Å²) in [5, 5.41) is 11.9. The summed E-state index contributed by atoms with van der Waals surface area (Å²) >= 11 is 0. The van der Waals surface area contributed by atoms with Crippen molar-refractivity contribution in [3.8, 4) is 0 Å². The monoisotopic (exact) mass is 271 g/mol. The van der Waals surface area contributed by atoms with Crippen LogP contribution in [0.3, 0.4) is 0 Å². The number of benzene rings is 1. The van der Waals surface area contributed by atoms with Crippen LogP contribution in [0.25, 0.3) is 0 Å². The highest BCUT2D eigenvalue weighted by Crippen LogP contribution is 2.39. The van der Waals surface area contributed by atoms with E-state index >= 15 is 0 Å². The molecule has 0 unspecified atom stereocenters. The highest BCUT2D eigenvalue weighted by atomic mass is 16.9.